The van der Waals surface area contributed by atoms with Crippen molar-refractivity contribution in [3.63, 3.8) is 0 Å². The highest BCUT2D eigenvalue weighted by Gasteiger charge is 2.30. The maximum Gasteiger partial charge on any atom is 0.273 e. The van der Waals surface area contributed by atoms with Crippen LogP contribution in [0.2, 0.25) is 0 Å². The third-order valence-electron chi connectivity index (χ3n) is 3.11. The lowest BCUT2D eigenvalue weighted by atomic mass is 10.2. The van der Waals surface area contributed by atoms with Crippen LogP contribution < -0.4 is 4.74 Å². The Morgan fingerprint density at radius 3 is 3.14 bits per heavy atom. The Balaban J connectivity index is 2.06. The number of pyridine rings is 1. The van der Waals surface area contributed by atoms with Crippen LogP contribution in [0, 0.1) is 0 Å². The van der Waals surface area contributed by atoms with Crippen molar-refractivity contribution >= 4 is 17.7 Å². The first-order chi connectivity index (χ1) is 10.1. The summed E-state index contributed by atoms with van der Waals surface area (Å²) < 4.78 is 29.2. The van der Waals surface area contributed by atoms with Crippen molar-refractivity contribution in [2.45, 2.75) is 31.6 Å². The van der Waals surface area contributed by atoms with E-state index >= 15 is 0 Å². The van der Waals surface area contributed by atoms with Crippen molar-refractivity contribution in [3.8, 4) is 5.75 Å². The number of thioether (sulfide) groups is 1. The summed E-state index contributed by atoms with van der Waals surface area (Å²) in [7, 11) is 0. The first kappa shape index (κ1) is 16.0. The van der Waals surface area contributed by atoms with Gasteiger partial charge in [-0.2, -0.15) is 0 Å². The molecule has 2 heterocycles. The molecule has 1 aliphatic rings. The number of aromatic nitrogens is 1. The number of nitrogens with zero attached hydrogens (tertiary/aromatic N) is 2. The lowest BCUT2D eigenvalue weighted by Gasteiger charge is -2.23. The van der Waals surface area contributed by atoms with Crippen molar-refractivity contribution in [2.24, 2.45) is 0 Å². The Kier molecular flexibility index (Phi) is 5.78. The van der Waals surface area contributed by atoms with Gasteiger partial charge in [-0.15, -0.1) is 11.8 Å². The van der Waals surface area contributed by atoms with Gasteiger partial charge in [0.05, 0.1) is 5.37 Å². The number of hydrogen-bond acceptors (Lipinski definition) is 4. The first-order valence-electron chi connectivity index (χ1n) is 6.91. The molecule has 1 fully saturated rings. The minimum atomic E-state index is -2.54. The normalized spacial score (nSPS) is 18.3. The van der Waals surface area contributed by atoms with E-state index in [4.69, 9.17) is 4.74 Å². The molecular weight excluding hydrogens is 298 g/mol. The van der Waals surface area contributed by atoms with Gasteiger partial charge in [0.25, 0.3) is 12.3 Å². The number of carbonyl (C=O) groups excluding carboxylic acids is 1. The Bertz CT molecular complexity index is 488. The van der Waals surface area contributed by atoms with Crippen molar-refractivity contribution in [3.05, 3.63) is 24.0 Å². The summed E-state index contributed by atoms with van der Waals surface area (Å²) in [4.78, 5) is 18.3. The summed E-state index contributed by atoms with van der Waals surface area (Å²) in [6.07, 6.45) is 0.817. The molecule has 0 saturated carbocycles. The molecule has 1 aromatic rings. The van der Waals surface area contributed by atoms with Crippen molar-refractivity contribution in [1.82, 2.24) is 9.88 Å². The average Bonchev–Trinajstić information content (AvgIpc) is 2.93. The molecule has 0 spiro atoms. The maximum atomic E-state index is 12.5. The van der Waals surface area contributed by atoms with E-state index < -0.39 is 13.0 Å². The van der Waals surface area contributed by atoms with Crippen LogP contribution in [0.4, 0.5) is 8.78 Å². The van der Waals surface area contributed by atoms with Gasteiger partial charge in [-0.3, -0.25) is 9.78 Å². The molecule has 0 radical (unpaired) electrons. The van der Waals surface area contributed by atoms with E-state index in [9.17, 15) is 13.6 Å². The number of ether oxygens (including phenoxy) is 1. The predicted octanol–water partition coefficient (Wildman–Crippen LogP) is 3.04. The fourth-order valence-corrected chi connectivity index (χ4v) is 3.52. The number of halogens is 2. The summed E-state index contributed by atoms with van der Waals surface area (Å²) in [5.74, 6) is 0.992. The van der Waals surface area contributed by atoms with Crippen LogP contribution >= 0.6 is 11.8 Å². The van der Waals surface area contributed by atoms with E-state index in [0.717, 1.165) is 18.6 Å². The second kappa shape index (κ2) is 7.59. The third-order valence-corrected chi connectivity index (χ3v) is 4.41. The molecule has 1 atom stereocenters. The van der Waals surface area contributed by atoms with Gasteiger partial charge < -0.3 is 9.64 Å². The molecule has 1 amide bonds. The fourth-order valence-electron chi connectivity index (χ4n) is 2.16. The summed E-state index contributed by atoms with van der Waals surface area (Å²) in [6, 6.07) is 2.90. The van der Waals surface area contributed by atoms with Gasteiger partial charge in [-0.25, -0.2) is 8.78 Å². The smallest absolute Gasteiger partial charge is 0.273 e. The Morgan fingerprint density at radius 2 is 2.43 bits per heavy atom. The van der Waals surface area contributed by atoms with E-state index in [1.807, 2.05) is 0 Å². The van der Waals surface area contributed by atoms with Gasteiger partial charge in [-0.05, 0) is 12.5 Å². The quantitative estimate of drug-likeness (QED) is 0.809. The summed E-state index contributed by atoms with van der Waals surface area (Å²) in [5.41, 5.74) is 0.241. The number of carbonyl (C=O) groups is 1. The topological polar surface area (TPSA) is 42.4 Å². The van der Waals surface area contributed by atoms with Crippen molar-refractivity contribution < 1.29 is 18.3 Å². The minimum Gasteiger partial charge on any atom is -0.488 e. The van der Waals surface area contributed by atoms with Gasteiger partial charge in [0.1, 0.15) is 18.1 Å². The van der Waals surface area contributed by atoms with Crippen molar-refractivity contribution in [2.75, 3.05) is 18.9 Å². The molecule has 1 aromatic heterocycles. The summed E-state index contributed by atoms with van der Waals surface area (Å²) >= 11 is 1.76. The summed E-state index contributed by atoms with van der Waals surface area (Å²) in [5, 5.41) is 0.176. The highest BCUT2D eigenvalue weighted by molar-refractivity contribution is 8.00. The van der Waals surface area contributed by atoms with E-state index in [0.29, 0.717) is 6.54 Å². The minimum absolute atomic E-state index is 0.166. The van der Waals surface area contributed by atoms with Crippen LogP contribution in [-0.2, 0) is 0 Å². The fraction of sp³-hybridized carbons (Fsp3) is 0.571. The zero-order valence-electron chi connectivity index (χ0n) is 11.8. The van der Waals surface area contributed by atoms with Gasteiger partial charge in [0.15, 0.2) is 0 Å². The van der Waals surface area contributed by atoms with E-state index in [1.165, 1.54) is 18.3 Å². The van der Waals surface area contributed by atoms with Crippen LogP contribution in [0.5, 0.6) is 5.75 Å². The molecule has 0 bridgehead atoms. The molecule has 0 unspecified atom stereocenters. The Morgan fingerprint density at radius 1 is 1.62 bits per heavy atom. The van der Waals surface area contributed by atoms with Gasteiger partial charge in [0, 0.05) is 24.6 Å². The first-order valence-corrected chi connectivity index (χ1v) is 7.96. The van der Waals surface area contributed by atoms with E-state index in [1.54, 1.807) is 16.7 Å². The Hall–Kier alpha value is -1.37. The molecule has 0 aromatic carbocycles. The van der Waals surface area contributed by atoms with E-state index in [-0.39, 0.29) is 22.7 Å². The van der Waals surface area contributed by atoms with Crippen molar-refractivity contribution in [1.29, 1.82) is 0 Å². The van der Waals surface area contributed by atoms with Crippen LogP contribution in [0.3, 0.4) is 0 Å². The zero-order valence-corrected chi connectivity index (χ0v) is 12.6. The van der Waals surface area contributed by atoms with E-state index in [2.05, 4.69) is 11.9 Å². The molecule has 1 aliphatic heterocycles. The molecule has 0 N–H and O–H groups in total. The molecule has 7 heteroatoms. The SMILES string of the molecule is CCC[C@@H]1SCCN1C(=O)c1cc(OCC(F)F)ccn1. The highest BCUT2D eigenvalue weighted by Crippen LogP contribution is 2.29. The molecule has 0 aliphatic carbocycles. The molecule has 116 valence electrons. The van der Waals surface area contributed by atoms with Gasteiger partial charge in [-0.1, -0.05) is 13.3 Å². The average molecular weight is 316 g/mol. The lowest BCUT2D eigenvalue weighted by molar-refractivity contribution is 0.0747. The predicted molar refractivity (Wildman–Crippen MR) is 77.9 cm³/mol. The second-order valence-corrected chi connectivity index (χ2v) is 5.98. The molecule has 21 heavy (non-hydrogen) atoms. The number of amides is 1. The summed E-state index contributed by atoms with van der Waals surface area (Å²) in [6.45, 7) is 2.09. The third kappa shape index (κ3) is 4.30. The Labute approximate surface area is 126 Å². The number of alkyl halides is 2. The lowest BCUT2D eigenvalue weighted by Crippen LogP contribution is -2.35. The maximum absolute atomic E-state index is 12.5. The number of rotatable bonds is 6. The number of hydrogen-bond donors (Lipinski definition) is 0. The van der Waals surface area contributed by atoms with Crippen LogP contribution in [0.25, 0.3) is 0 Å². The highest BCUT2D eigenvalue weighted by atomic mass is 32.2. The van der Waals surface area contributed by atoms with Crippen LogP contribution in [-0.4, -0.2) is 46.5 Å². The van der Waals surface area contributed by atoms with Gasteiger partial charge in [0.2, 0.25) is 0 Å². The standard InChI is InChI=1S/C14H18F2N2O2S/c1-2-3-13-18(6-7-21-13)14(19)11-8-10(4-5-17-11)20-9-12(15)16/h4-5,8,12-13H,2-3,6-7,9H2,1H3/t13-/m0/s1. The van der Waals surface area contributed by atoms with Crippen LogP contribution in [0.1, 0.15) is 30.3 Å². The molecule has 1 saturated heterocycles. The zero-order chi connectivity index (χ0) is 15.2. The molecule has 2 rings (SSSR count). The van der Waals surface area contributed by atoms with Crippen LogP contribution in [0.15, 0.2) is 18.3 Å². The van der Waals surface area contributed by atoms with Gasteiger partial charge >= 0.3 is 0 Å². The largest absolute Gasteiger partial charge is 0.488 e. The monoisotopic (exact) mass is 316 g/mol. The molecule has 4 nitrogen and oxygen atoms in total. The molecular formula is C14H18F2N2O2S. The second-order valence-electron chi connectivity index (χ2n) is 4.69.